The van der Waals surface area contributed by atoms with Gasteiger partial charge in [0.15, 0.2) is 0 Å². The van der Waals surface area contributed by atoms with E-state index in [1.165, 1.54) is 5.01 Å². The summed E-state index contributed by atoms with van der Waals surface area (Å²) < 4.78 is 0.983. The second-order valence-corrected chi connectivity index (χ2v) is 6.74. The first-order valence-electron chi connectivity index (χ1n) is 8.06. The van der Waals surface area contributed by atoms with Gasteiger partial charge in [0.2, 0.25) is 11.8 Å². The summed E-state index contributed by atoms with van der Waals surface area (Å²) in [5.74, 6) is -0.406. The van der Waals surface area contributed by atoms with Crippen LogP contribution in [0.5, 0.6) is 0 Å². The number of anilines is 1. The first-order valence-corrected chi connectivity index (χ1v) is 8.85. The number of hydrazone groups is 1. The fourth-order valence-electron chi connectivity index (χ4n) is 2.60. The number of rotatable bonds is 4. The molecule has 0 radical (unpaired) electrons. The van der Waals surface area contributed by atoms with Gasteiger partial charge < -0.3 is 5.32 Å². The topological polar surface area (TPSA) is 61.8 Å². The summed E-state index contributed by atoms with van der Waals surface area (Å²) in [6.07, 6.45) is 0.918. The number of para-hydroxylation sites is 1. The summed E-state index contributed by atoms with van der Waals surface area (Å²) >= 11 is 3.41. The van der Waals surface area contributed by atoms with Gasteiger partial charge in [0, 0.05) is 23.0 Å². The largest absolute Gasteiger partial charge is 0.324 e. The highest BCUT2D eigenvalue weighted by molar-refractivity contribution is 9.10. The standard InChI is InChI=1S/C19H18BrN3O2/c1-13(19(25)21-16-5-3-2-4-6-16)23-18(24)12-11-17(22-23)14-7-9-15(20)10-8-14/h2-10,13H,11-12H2,1H3,(H,21,25). The molecule has 0 spiro atoms. The number of hydrogen-bond acceptors (Lipinski definition) is 3. The lowest BCUT2D eigenvalue weighted by Gasteiger charge is -2.28. The fraction of sp³-hybridized carbons (Fsp3) is 0.211. The molecule has 0 saturated carbocycles. The first-order chi connectivity index (χ1) is 12.0. The van der Waals surface area contributed by atoms with Crippen LogP contribution in [0.15, 0.2) is 64.2 Å². The maximum Gasteiger partial charge on any atom is 0.249 e. The summed E-state index contributed by atoms with van der Waals surface area (Å²) in [6.45, 7) is 1.68. The average Bonchev–Trinajstić information content (AvgIpc) is 2.63. The van der Waals surface area contributed by atoms with Crippen molar-refractivity contribution in [1.29, 1.82) is 0 Å². The zero-order chi connectivity index (χ0) is 17.8. The molecule has 1 heterocycles. The predicted molar refractivity (Wildman–Crippen MR) is 101 cm³/mol. The molecule has 0 saturated heterocycles. The molecule has 1 aliphatic heterocycles. The van der Waals surface area contributed by atoms with Gasteiger partial charge in [-0.15, -0.1) is 0 Å². The summed E-state index contributed by atoms with van der Waals surface area (Å²) in [7, 11) is 0. The van der Waals surface area contributed by atoms with Gasteiger partial charge in [-0.05, 0) is 36.8 Å². The van der Waals surface area contributed by atoms with E-state index in [2.05, 4.69) is 26.3 Å². The Kier molecular flexibility index (Phi) is 5.28. The van der Waals surface area contributed by atoms with Gasteiger partial charge in [0.05, 0.1) is 5.71 Å². The van der Waals surface area contributed by atoms with Crippen molar-refractivity contribution in [3.8, 4) is 0 Å². The molecule has 128 valence electrons. The van der Waals surface area contributed by atoms with Crippen LogP contribution in [-0.4, -0.2) is 28.6 Å². The minimum absolute atomic E-state index is 0.142. The molecule has 2 aromatic carbocycles. The Morgan fingerprint density at radius 2 is 1.80 bits per heavy atom. The van der Waals surface area contributed by atoms with E-state index >= 15 is 0 Å². The van der Waals surface area contributed by atoms with Crippen molar-refractivity contribution >= 4 is 39.1 Å². The van der Waals surface area contributed by atoms with Crippen LogP contribution in [0.4, 0.5) is 5.69 Å². The number of amides is 2. The molecule has 6 heteroatoms. The molecule has 2 amide bonds. The minimum Gasteiger partial charge on any atom is -0.324 e. The third kappa shape index (κ3) is 4.14. The Morgan fingerprint density at radius 3 is 2.48 bits per heavy atom. The maximum absolute atomic E-state index is 12.5. The molecular weight excluding hydrogens is 382 g/mol. The quantitative estimate of drug-likeness (QED) is 0.849. The van der Waals surface area contributed by atoms with E-state index in [4.69, 9.17) is 0 Å². The van der Waals surface area contributed by atoms with Crippen molar-refractivity contribution in [3.63, 3.8) is 0 Å². The zero-order valence-corrected chi connectivity index (χ0v) is 15.4. The van der Waals surface area contributed by atoms with Crippen LogP contribution in [0.1, 0.15) is 25.3 Å². The second-order valence-electron chi connectivity index (χ2n) is 5.82. The van der Waals surface area contributed by atoms with Crippen molar-refractivity contribution in [1.82, 2.24) is 5.01 Å². The van der Waals surface area contributed by atoms with Gasteiger partial charge >= 0.3 is 0 Å². The highest BCUT2D eigenvalue weighted by atomic mass is 79.9. The van der Waals surface area contributed by atoms with Gasteiger partial charge in [-0.25, -0.2) is 5.01 Å². The van der Waals surface area contributed by atoms with E-state index in [9.17, 15) is 9.59 Å². The van der Waals surface area contributed by atoms with Gasteiger partial charge in [-0.2, -0.15) is 5.10 Å². The Hall–Kier alpha value is -2.47. The Labute approximate surface area is 154 Å². The van der Waals surface area contributed by atoms with E-state index < -0.39 is 6.04 Å². The van der Waals surface area contributed by atoms with Crippen molar-refractivity contribution in [2.24, 2.45) is 5.10 Å². The van der Waals surface area contributed by atoms with Crippen LogP contribution in [0.2, 0.25) is 0 Å². The molecule has 2 aromatic rings. The molecule has 0 aliphatic carbocycles. The van der Waals surface area contributed by atoms with Crippen LogP contribution in [0, 0.1) is 0 Å². The second kappa shape index (κ2) is 7.61. The Morgan fingerprint density at radius 1 is 1.12 bits per heavy atom. The number of carbonyl (C=O) groups is 2. The number of hydrogen-bond donors (Lipinski definition) is 1. The molecule has 1 unspecified atom stereocenters. The number of nitrogens with zero attached hydrogens (tertiary/aromatic N) is 2. The van der Waals surface area contributed by atoms with E-state index in [1.54, 1.807) is 19.1 Å². The van der Waals surface area contributed by atoms with Crippen molar-refractivity contribution in [2.45, 2.75) is 25.8 Å². The molecule has 0 fully saturated rings. The van der Waals surface area contributed by atoms with E-state index in [-0.39, 0.29) is 11.8 Å². The molecule has 1 N–H and O–H groups in total. The summed E-state index contributed by atoms with van der Waals surface area (Å²) in [6, 6.07) is 16.3. The van der Waals surface area contributed by atoms with Gasteiger partial charge in [-0.1, -0.05) is 46.3 Å². The summed E-state index contributed by atoms with van der Waals surface area (Å²) in [4.78, 5) is 24.7. The lowest BCUT2D eigenvalue weighted by molar-refractivity contribution is -0.138. The fourth-order valence-corrected chi connectivity index (χ4v) is 2.87. The molecule has 0 aromatic heterocycles. The number of benzene rings is 2. The maximum atomic E-state index is 12.5. The van der Waals surface area contributed by atoms with Crippen molar-refractivity contribution in [2.75, 3.05) is 5.32 Å². The monoisotopic (exact) mass is 399 g/mol. The molecule has 25 heavy (non-hydrogen) atoms. The molecular formula is C19H18BrN3O2. The smallest absolute Gasteiger partial charge is 0.249 e. The van der Waals surface area contributed by atoms with Crippen LogP contribution in [-0.2, 0) is 9.59 Å². The SMILES string of the molecule is CC(C(=O)Nc1ccccc1)N1N=C(c2ccc(Br)cc2)CCC1=O. The third-order valence-electron chi connectivity index (χ3n) is 4.02. The van der Waals surface area contributed by atoms with Gasteiger partial charge in [0.25, 0.3) is 0 Å². The van der Waals surface area contributed by atoms with Crippen LogP contribution in [0.25, 0.3) is 0 Å². The molecule has 5 nitrogen and oxygen atoms in total. The molecule has 1 aliphatic rings. The number of carbonyl (C=O) groups excluding carboxylic acids is 2. The highest BCUT2D eigenvalue weighted by Gasteiger charge is 2.29. The Balaban J connectivity index is 1.78. The van der Waals surface area contributed by atoms with E-state index in [1.807, 2.05) is 42.5 Å². The van der Waals surface area contributed by atoms with Crippen LogP contribution < -0.4 is 5.32 Å². The van der Waals surface area contributed by atoms with Crippen molar-refractivity contribution < 1.29 is 9.59 Å². The van der Waals surface area contributed by atoms with E-state index in [0.717, 1.165) is 15.7 Å². The predicted octanol–water partition coefficient (Wildman–Crippen LogP) is 3.80. The minimum atomic E-state index is -0.682. The van der Waals surface area contributed by atoms with Gasteiger partial charge in [0.1, 0.15) is 6.04 Å². The normalized spacial score (nSPS) is 15.5. The van der Waals surface area contributed by atoms with Crippen LogP contribution in [0.3, 0.4) is 0 Å². The lowest BCUT2D eigenvalue weighted by atomic mass is 10.0. The first kappa shape index (κ1) is 17.4. The van der Waals surface area contributed by atoms with Crippen LogP contribution >= 0.6 is 15.9 Å². The van der Waals surface area contributed by atoms with Gasteiger partial charge in [-0.3, -0.25) is 9.59 Å². The number of nitrogens with one attached hydrogen (secondary N) is 1. The zero-order valence-electron chi connectivity index (χ0n) is 13.8. The number of halogens is 1. The average molecular weight is 400 g/mol. The molecule has 1 atom stereocenters. The lowest BCUT2D eigenvalue weighted by Crippen LogP contribution is -2.44. The summed E-state index contributed by atoms with van der Waals surface area (Å²) in [5, 5.41) is 8.55. The molecule has 3 rings (SSSR count). The molecule has 0 bridgehead atoms. The third-order valence-corrected chi connectivity index (χ3v) is 4.55. The Bertz CT molecular complexity index is 803. The van der Waals surface area contributed by atoms with E-state index in [0.29, 0.717) is 18.5 Å². The van der Waals surface area contributed by atoms with Crippen molar-refractivity contribution in [3.05, 3.63) is 64.6 Å². The highest BCUT2D eigenvalue weighted by Crippen LogP contribution is 2.20. The summed E-state index contributed by atoms with van der Waals surface area (Å²) in [5.41, 5.74) is 2.46.